The average Bonchev–Trinajstić information content (AvgIpc) is 3.09. The molecule has 0 radical (unpaired) electrons. The Labute approximate surface area is 119 Å². The lowest BCUT2D eigenvalue weighted by molar-refractivity contribution is 0.280. The van der Waals surface area contributed by atoms with Crippen molar-refractivity contribution in [3.05, 3.63) is 22.7 Å². The number of hydrogen-bond acceptors (Lipinski definition) is 3. The van der Waals surface area contributed by atoms with Crippen LogP contribution in [0.4, 0.5) is 0 Å². The maximum Gasteiger partial charge on any atom is 0.162 e. The van der Waals surface area contributed by atoms with Gasteiger partial charge in [0.1, 0.15) is 0 Å². The van der Waals surface area contributed by atoms with Crippen LogP contribution < -0.4 is 14.8 Å². The number of halogens is 1. The van der Waals surface area contributed by atoms with Crippen LogP contribution >= 0.6 is 11.6 Å². The lowest BCUT2D eigenvalue weighted by atomic mass is 10.0. The molecule has 0 spiro atoms. The van der Waals surface area contributed by atoms with Crippen LogP contribution in [-0.2, 0) is 0 Å². The molecule has 0 bridgehead atoms. The third kappa shape index (κ3) is 2.98. The molecule has 104 valence electrons. The minimum atomic E-state index is 0.346. The molecule has 0 aromatic heterocycles. The van der Waals surface area contributed by atoms with Gasteiger partial charge in [0.2, 0.25) is 0 Å². The van der Waals surface area contributed by atoms with Crippen molar-refractivity contribution in [2.24, 2.45) is 5.92 Å². The molecule has 1 saturated carbocycles. The maximum atomic E-state index is 6.39. The van der Waals surface area contributed by atoms with Gasteiger partial charge in [-0.15, -0.1) is 0 Å². The van der Waals surface area contributed by atoms with Gasteiger partial charge in [-0.1, -0.05) is 11.6 Å². The van der Waals surface area contributed by atoms with E-state index in [2.05, 4.69) is 5.32 Å². The monoisotopic (exact) mass is 281 g/mol. The number of ether oxygens (including phenoxy) is 2. The molecule has 1 N–H and O–H groups in total. The summed E-state index contributed by atoms with van der Waals surface area (Å²) in [6.45, 7) is 1.83. The molecular formula is C15H20ClNO2. The van der Waals surface area contributed by atoms with E-state index in [-0.39, 0.29) is 0 Å². The first-order chi connectivity index (χ1) is 9.28. The van der Waals surface area contributed by atoms with Crippen molar-refractivity contribution in [1.29, 1.82) is 0 Å². The van der Waals surface area contributed by atoms with Gasteiger partial charge in [0.15, 0.2) is 11.5 Å². The number of benzene rings is 1. The largest absolute Gasteiger partial charge is 0.493 e. The number of methoxy groups -OCH3 is 1. The van der Waals surface area contributed by atoms with Crippen LogP contribution in [0.15, 0.2) is 12.1 Å². The quantitative estimate of drug-likeness (QED) is 0.895. The lowest BCUT2D eigenvalue weighted by Gasteiger charge is -2.17. The van der Waals surface area contributed by atoms with Crippen LogP contribution in [0.25, 0.3) is 0 Å². The highest BCUT2D eigenvalue weighted by atomic mass is 35.5. The molecule has 1 atom stereocenters. The van der Waals surface area contributed by atoms with E-state index in [1.54, 1.807) is 7.11 Å². The van der Waals surface area contributed by atoms with Crippen LogP contribution in [0.2, 0.25) is 5.02 Å². The summed E-state index contributed by atoms with van der Waals surface area (Å²) >= 11 is 6.39. The first-order valence-electron chi connectivity index (χ1n) is 7.01. The Morgan fingerprint density at radius 1 is 1.26 bits per heavy atom. The summed E-state index contributed by atoms with van der Waals surface area (Å²) in [5.41, 5.74) is 1.12. The molecule has 1 unspecified atom stereocenters. The third-order valence-electron chi connectivity index (χ3n) is 3.89. The average molecular weight is 282 g/mol. The van der Waals surface area contributed by atoms with Gasteiger partial charge in [-0.3, -0.25) is 0 Å². The van der Waals surface area contributed by atoms with E-state index >= 15 is 0 Å². The van der Waals surface area contributed by atoms with E-state index in [9.17, 15) is 0 Å². The highest BCUT2D eigenvalue weighted by Crippen LogP contribution is 2.39. The minimum Gasteiger partial charge on any atom is -0.493 e. The fourth-order valence-corrected chi connectivity index (χ4v) is 2.82. The SMILES string of the molecule is COc1cc(C2CCCN2)c(Cl)cc1OCC1CC1. The Bertz CT molecular complexity index is 454. The van der Waals surface area contributed by atoms with Gasteiger partial charge >= 0.3 is 0 Å². The first kappa shape index (κ1) is 13.1. The lowest BCUT2D eigenvalue weighted by Crippen LogP contribution is -2.13. The van der Waals surface area contributed by atoms with Crippen molar-refractivity contribution in [2.75, 3.05) is 20.3 Å². The van der Waals surface area contributed by atoms with Crippen molar-refractivity contribution < 1.29 is 9.47 Å². The van der Waals surface area contributed by atoms with E-state index in [0.29, 0.717) is 6.04 Å². The fourth-order valence-electron chi connectivity index (χ4n) is 2.53. The van der Waals surface area contributed by atoms with Gasteiger partial charge in [-0.25, -0.2) is 0 Å². The molecule has 2 fully saturated rings. The summed E-state index contributed by atoms with van der Waals surface area (Å²) in [5.74, 6) is 2.27. The van der Waals surface area contributed by atoms with E-state index in [1.165, 1.54) is 19.3 Å². The topological polar surface area (TPSA) is 30.5 Å². The molecule has 2 aliphatic rings. The molecule has 3 rings (SSSR count). The Morgan fingerprint density at radius 2 is 2.11 bits per heavy atom. The second-order valence-electron chi connectivity index (χ2n) is 5.43. The summed E-state index contributed by atoms with van der Waals surface area (Å²) in [6.07, 6.45) is 4.88. The molecule has 1 heterocycles. The summed E-state index contributed by atoms with van der Waals surface area (Å²) in [6, 6.07) is 4.27. The summed E-state index contributed by atoms with van der Waals surface area (Å²) in [5, 5.41) is 4.23. The van der Waals surface area contributed by atoms with E-state index in [0.717, 1.165) is 47.6 Å². The smallest absolute Gasteiger partial charge is 0.162 e. The minimum absolute atomic E-state index is 0.346. The Kier molecular flexibility index (Phi) is 3.85. The Morgan fingerprint density at radius 3 is 2.74 bits per heavy atom. The highest BCUT2D eigenvalue weighted by molar-refractivity contribution is 6.31. The summed E-state index contributed by atoms with van der Waals surface area (Å²) < 4.78 is 11.3. The second kappa shape index (κ2) is 5.59. The standard InChI is InChI=1S/C15H20ClNO2/c1-18-14-7-11(13-3-2-6-17-13)12(16)8-15(14)19-9-10-4-5-10/h7-8,10,13,17H,2-6,9H2,1H3. The van der Waals surface area contributed by atoms with Gasteiger partial charge < -0.3 is 14.8 Å². The zero-order chi connectivity index (χ0) is 13.2. The first-order valence-corrected chi connectivity index (χ1v) is 7.39. The van der Waals surface area contributed by atoms with Crippen LogP contribution in [0.5, 0.6) is 11.5 Å². The molecule has 19 heavy (non-hydrogen) atoms. The van der Waals surface area contributed by atoms with Crippen molar-refractivity contribution in [3.63, 3.8) is 0 Å². The third-order valence-corrected chi connectivity index (χ3v) is 4.22. The molecule has 1 saturated heterocycles. The number of rotatable bonds is 5. The molecular weight excluding hydrogens is 262 g/mol. The van der Waals surface area contributed by atoms with Crippen molar-refractivity contribution in [1.82, 2.24) is 5.32 Å². The second-order valence-corrected chi connectivity index (χ2v) is 5.84. The van der Waals surface area contributed by atoms with Crippen LogP contribution in [0.3, 0.4) is 0 Å². The van der Waals surface area contributed by atoms with Gasteiger partial charge in [0, 0.05) is 17.1 Å². The zero-order valence-corrected chi connectivity index (χ0v) is 12.0. The van der Waals surface area contributed by atoms with Crippen molar-refractivity contribution in [2.45, 2.75) is 31.7 Å². The Balaban J connectivity index is 1.81. The molecule has 0 amide bonds. The number of hydrogen-bond donors (Lipinski definition) is 1. The molecule has 4 heteroatoms. The van der Waals surface area contributed by atoms with Gasteiger partial charge in [0.05, 0.1) is 13.7 Å². The molecule has 1 aromatic carbocycles. The normalized spacial score (nSPS) is 22.5. The van der Waals surface area contributed by atoms with Crippen LogP contribution in [-0.4, -0.2) is 20.3 Å². The summed E-state index contributed by atoms with van der Waals surface area (Å²) in [4.78, 5) is 0. The molecule has 1 aliphatic heterocycles. The zero-order valence-electron chi connectivity index (χ0n) is 11.2. The predicted molar refractivity (Wildman–Crippen MR) is 76.2 cm³/mol. The number of nitrogens with one attached hydrogen (secondary N) is 1. The van der Waals surface area contributed by atoms with Crippen LogP contribution in [0, 0.1) is 5.92 Å². The predicted octanol–water partition coefficient (Wildman–Crippen LogP) is 3.56. The van der Waals surface area contributed by atoms with Crippen molar-refractivity contribution >= 4 is 11.6 Å². The van der Waals surface area contributed by atoms with Gasteiger partial charge in [-0.05, 0) is 49.8 Å². The van der Waals surface area contributed by atoms with Crippen molar-refractivity contribution in [3.8, 4) is 11.5 Å². The van der Waals surface area contributed by atoms with Gasteiger partial charge in [0.25, 0.3) is 0 Å². The van der Waals surface area contributed by atoms with E-state index in [4.69, 9.17) is 21.1 Å². The van der Waals surface area contributed by atoms with E-state index in [1.807, 2.05) is 12.1 Å². The summed E-state index contributed by atoms with van der Waals surface area (Å²) in [7, 11) is 1.68. The van der Waals surface area contributed by atoms with E-state index < -0.39 is 0 Å². The molecule has 1 aromatic rings. The van der Waals surface area contributed by atoms with Gasteiger partial charge in [-0.2, -0.15) is 0 Å². The highest BCUT2D eigenvalue weighted by Gasteiger charge is 2.24. The van der Waals surface area contributed by atoms with Crippen LogP contribution in [0.1, 0.15) is 37.3 Å². The molecule has 1 aliphatic carbocycles. The fraction of sp³-hybridized carbons (Fsp3) is 0.600. The molecule has 3 nitrogen and oxygen atoms in total. The maximum absolute atomic E-state index is 6.39. The Hall–Kier alpha value is -0.930.